The molecule has 5 nitrogen and oxygen atoms in total. The van der Waals surface area contributed by atoms with E-state index in [9.17, 15) is 0 Å². The SMILES string of the molecule is CC(CN)N1CCN(c2nc3ccccc3o2)CC1. The molecule has 102 valence electrons. The Balaban J connectivity index is 1.71. The lowest BCUT2D eigenvalue weighted by Gasteiger charge is -2.36. The van der Waals surface area contributed by atoms with Crippen LogP contribution < -0.4 is 10.6 Å². The van der Waals surface area contributed by atoms with Gasteiger partial charge in [0.15, 0.2) is 5.58 Å². The lowest BCUT2D eigenvalue weighted by Crippen LogP contribution is -2.51. The summed E-state index contributed by atoms with van der Waals surface area (Å²) in [4.78, 5) is 9.17. The number of anilines is 1. The van der Waals surface area contributed by atoms with Crippen molar-refractivity contribution in [3.8, 4) is 0 Å². The van der Waals surface area contributed by atoms with Crippen LogP contribution in [0.25, 0.3) is 11.1 Å². The van der Waals surface area contributed by atoms with Crippen molar-refractivity contribution in [2.24, 2.45) is 5.73 Å². The van der Waals surface area contributed by atoms with Crippen LogP contribution in [0.1, 0.15) is 6.92 Å². The van der Waals surface area contributed by atoms with Crippen LogP contribution in [0.4, 0.5) is 6.01 Å². The van der Waals surface area contributed by atoms with Gasteiger partial charge >= 0.3 is 0 Å². The highest BCUT2D eigenvalue weighted by atomic mass is 16.4. The summed E-state index contributed by atoms with van der Waals surface area (Å²) in [5.41, 5.74) is 7.50. The van der Waals surface area contributed by atoms with E-state index in [1.807, 2.05) is 24.3 Å². The van der Waals surface area contributed by atoms with Gasteiger partial charge in [-0.2, -0.15) is 4.98 Å². The van der Waals surface area contributed by atoms with Gasteiger partial charge in [0.05, 0.1) is 0 Å². The number of hydrogen-bond acceptors (Lipinski definition) is 5. The average Bonchev–Trinajstić information content (AvgIpc) is 2.90. The van der Waals surface area contributed by atoms with Gasteiger partial charge in [0.2, 0.25) is 0 Å². The van der Waals surface area contributed by atoms with Gasteiger partial charge in [-0.25, -0.2) is 0 Å². The second kappa shape index (κ2) is 5.19. The van der Waals surface area contributed by atoms with Crippen molar-refractivity contribution in [2.75, 3.05) is 37.6 Å². The Kier molecular flexibility index (Phi) is 3.40. The van der Waals surface area contributed by atoms with Crippen LogP contribution >= 0.6 is 0 Å². The molecule has 0 radical (unpaired) electrons. The molecule has 1 aliphatic rings. The number of rotatable bonds is 3. The predicted molar refractivity (Wildman–Crippen MR) is 76.3 cm³/mol. The van der Waals surface area contributed by atoms with Crippen LogP contribution in [0, 0.1) is 0 Å². The minimum Gasteiger partial charge on any atom is -0.423 e. The van der Waals surface area contributed by atoms with Crippen LogP contribution in [0.2, 0.25) is 0 Å². The predicted octanol–water partition coefficient (Wildman–Crippen LogP) is 1.30. The molecule has 1 saturated heterocycles. The second-order valence-corrected chi connectivity index (χ2v) is 5.07. The van der Waals surface area contributed by atoms with Gasteiger partial charge in [-0.05, 0) is 19.1 Å². The van der Waals surface area contributed by atoms with E-state index >= 15 is 0 Å². The van der Waals surface area contributed by atoms with E-state index in [1.165, 1.54) is 0 Å². The Morgan fingerprint density at radius 3 is 2.68 bits per heavy atom. The first-order valence-electron chi connectivity index (χ1n) is 6.82. The molecule has 1 atom stereocenters. The molecule has 1 aromatic heterocycles. The van der Waals surface area contributed by atoms with Gasteiger partial charge in [0, 0.05) is 38.8 Å². The molecule has 0 spiro atoms. The molecule has 5 heteroatoms. The summed E-state index contributed by atoms with van der Waals surface area (Å²) in [6.45, 7) is 6.79. The fourth-order valence-electron chi connectivity index (χ4n) is 2.50. The van der Waals surface area contributed by atoms with E-state index in [2.05, 4.69) is 21.7 Å². The molecule has 1 fully saturated rings. The van der Waals surface area contributed by atoms with E-state index in [1.54, 1.807) is 0 Å². The van der Waals surface area contributed by atoms with Gasteiger partial charge in [-0.15, -0.1) is 0 Å². The maximum Gasteiger partial charge on any atom is 0.298 e. The normalized spacial score (nSPS) is 18.9. The maximum atomic E-state index is 5.80. The first-order valence-corrected chi connectivity index (χ1v) is 6.82. The zero-order valence-corrected chi connectivity index (χ0v) is 11.2. The van der Waals surface area contributed by atoms with Gasteiger partial charge < -0.3 is 15.1 Å². The maximum absolute atomic E-state index is 5.80. The molecule has 19 heavy (non-hydrogen) atoms. The van der Waals surface area contributed by atoms with Gasteiger partial charge in [0.1, 0.15) is 5.52 Å². The van der Waals surface area contributed by atoms with Gasteiger partial charge in [-0.3, -0.25) is 4.90 Å². The molecule has 0 aliphatic carbocycles. The fraction of sp³-hybridized carbons (Fsp3) is 0.500. The van der Waals surface area contributed by atoms with Crippen molar-refractivity contribution in [3.63, 3.8) is 0 Å². The zero-order valence-electron chi connectivity index (χ0n) is 11.2. The molecule has 1 aliphatic heterocycles. The van der Waals surface area contributed by atoms with Crippen molar-refractivity contribution in [3.05, 3.63) is 24.3 Å². The number of aromatic nitrogens is 1. The first-order chi connectivity index (χ1) is 9.28. The molecule has 0 bridgehead atoms. The number of para-hydroxylation sites is 2. The number of hydrogen-bond donors (Lipinski definition) is 1. The molecule has 0 amide bonds. The Morgan fingerprint density at radius 2 is 2.00 bits per heavy atom. The topological polar surface area (TPSA) is 58.5 Å². The summed E-state index contributed by atoms with van der Waals surface area (Å²) in [6.07, 6.45) is 0. The summed E-state index contributed by atoms with van der Waals surface area (Å²) >= 11 is 0. The Morgan fingerprint density at radius 1 is 1.26 bits per heavy atom. The van der Waals surface area contributed by atoms with E-state index in [0.29, 0.717) is 12.6 Å². The van der Waals surface area contributed by atoms with Crippen LogP contribution in [-0.4, -0.2) is 48.6 Å². The van der Waals surface area contributed by atoms with Crippen LogP contribution in [0.5, 0.6) is 0 Å². The summed E-state index contributed by atoms with van der Waals surface area (Å²) in [6, 6.07) is 9.08. The Labute approximate surface area is 113 Å². The highest BCUT2D eigenvalue weighted by Gasteiger charge is 2.23. The Hall–Kier alpha value is -1.59. The summed E-state index contributed by atoms with van der Waals surface area (Å²) < 4.78 is 5.80. The number of fused-ring (bicyclic) bond motifs is 1. The van der Waals surface area contributed by atoms with Crippen molar-refractivity contribution in [2.45, 2.75) is 13.0 Å². The van der Waals surface area contributed by atoms with Crippen molar-refractivity contribution in [1.82, 2.24) is 9.88 Å². The highest BCUT2D eigenvalue weighted by molar-refractivity contribution is 5.74. The molecule has 0 saturated carbocycles. The van der Waals surface area contributed by atoms with Crippen molar-refractivity contribution in [1.29, 1.82) is 0 Å². The fourth-order valence-corrected chi connectivity index (χ4v) is 2.50. The third-order valence-corrected chi connectivity index (χ3v) is 3.83. The second-order valence-electron chi connectivity index (χ2n) is 5.07. The van der Waals surface area contributed by atoms with E-state index in [-0.39, 0.29) is 0 Å². The third kappa shape index (κ3) is 2.43. The van der Waals surface area contributed by atoms with E-state index in [0.717, 1.165) is 43.3 Å². The summed E-state index contributed by atoms with van der Waals surface area (Å²) in [7, 11) is 0. The monoisotopic (exact) mass is 260 g/mol. The molecular weight excluding hydrogens is 240 g/mol. The number of oxazole rings is 1. The lowest BCUT2D eigenvalue weighted by molar-refractivity contribution is 0.198. The van der Waals surface area contributed by atoms with E-state index < -0.39 is 0 Å². The standard InChI is InChI=1S/C14H20N4O/c1-11(10-15)17-6-8-18(9-7-17)14-16-12-4-2-3-5-13(12)19-14/h2-5,11H,6-10,15H2,1H3. The molecule has 3 rings (SSSR count). The van der Waals surface area contributed by atoms with Crippen molar-refractivity contribution >= 4 is 17.1 Å². The third-order valence-electron chi connectivity index (χ3n) is 3.83. The smallest absolute Gasteiger partial charge is 0.298 e. The molecule has 2 aromatic rings. The quantitative estimate of drug-likeness (QED) is 0.901. The van der Waals surface area contributed by atoms with Crippen LogP contribution in [0.3, 0.4) is 0 Å². The summed E-state index contributed by atoms with van der Waals surface area (Å²) in [5.74, 6) is 0. The number of nitrogens with two attached hydrogens (primary N) is 1. The zero-order chi connectivity index (χ0) is 13.2. The molecule has 1 unspecified atom stereocenters. The molecule has 1 aromatic carbocycles. The van der Waals surface area contributed by atoms with E-state index in [4.69, 9.17) is 10.2 Å². The Bertz CT molecular complexity index is 512. The van der Waals surface area contributed by atoms with Gasteiger partial charge in [-0.1, -0.05) is 12.1 Å². The molecule has 2 N–H and O–H groups in total. The number of benzene rings is 1. The molecular formula is C14H20N4O. The van der Waals surface area contributed by atoms with Crippen LogP contribution in [0.15, 0.2) is 28.7 Å². The van der Waals surface area contributed by atoms with Crippen molar-refractivity contribution < 1.29 is 4.42 Å². The minimum atomic E-state index is 0.450. The van der Waals surface area contributed by atoms with Crippen LogP contribution in [-0.2, 0) is 0 Å². The van der Waals surface area contributed by atoms with Gasteiger partial charge in [0.25, 0.3) is 6.01 Å². The first kappa shape index (κ1) is 12.4. The summed E-state index contributed by atoms with van der Waals surface area (Å²) in [5, 5.41) is 0. The average molecular weight is 260 g/mol. The number of piperazine rings is 1. The highest BCUT2D eigenvalue weighted by Crippen LogP contribution is 2.22. The lowest BCUT2D eigenvalue weighted by atomic mass is 10.2. The minimum absolute atomic E-state index is 0.450. The number of nitrogens with zero attached hydrogens (tertiary/aromatic N) is 3. The molecule has 2 heterocycles. The largest absolute Gasteiger partial charge is 0.423 e.